The summed E-state index contributed by atoms with van der Waals surface area (Å²) in [6, 6.07) is 11.5. The maximum absolute atomic E-state index is 11.4. The number of benzene rings is 2. The fraction of sp³-hybridized carbons (Fsp3) is 0.176. The van der Waals surface area contributed by atoms with Crippen LogP contribution in [0.5, 0.6) is 11.5 Å². The summed E-state index contributed by atoms with van der Waals surface area (Å²) in [6.07, 6.45) is 0. The Balaban J connectivity index is 1.59. The van der Waals surface area contributed by atoms with E-state index in [2.05, 4.69) is 15.5 Å². The lowest BCUT2D eigenvalue weighted by Gasteiger charge is -2.21. The van der Waals surface area contributed by atoms with Crippen molar-refractivity contribution in [3.05, 3.63) is 47.7 Å². The molecule has 1 aliphatic rings. The van der Waals surface area contributed by atoms with Gasteiger partial charge in [-0.3, -0.25) is 9.89 Å². The van der Waals surface area contributed by atoms with E-state index in [0.717, 1.165) is 28.3 Å². The number of nitrogens with one attached hydrogen (secondary N) is 2. The van der Waals surface area contributed by atoms with Gasteiger partial charge in [0, 0.05) is 23.2 Å². The van der Waals surface area contributed by atoms with Crippen molar-refractivity contribution >= 4 is 22.5 Å². The average Bonchev–Trinajstić information content (AvgIpc) is 3.03. The zero-order valence-corrected chi connectivity index (χ0v) is 12.8. The number of hydrogen-bond donors (Lipinski definition) is 3. The van der Waals surface area contributed by atoms with Gasteiger partial charge in [0.25, 0.3) is 5.91 Å². The molecule has 4 rings (SSSR count). The van der Waals surface area contributed by atoms with Crippen LogP contribution in [0.4, 0.5) is 5.69 Å². The SMILES string of the molecule is NC(=O)c1n[nH]c2ccc(NCc3cccc4c3OCCO4)cc12. The van der Waals surface area contributed by atoms with Crippen molar-refractivity contribution in [2.45, 2.75) is 6.54 Å². The number of fused-ring (bicyclic) bond motifs is 2. The molecule has 0 atom stereocenters. The third kappa shape index (κ3) is 2.50. The van der Waals surface area contributed by atoms with Crippen molar-refractivity contribution in [2.75, 3.05) is 18.5 Å². The van der Waals surface area contributed by atoms with E-state index in [9.17, 15) is 4.79 Å². The second-order valence-electron chi connectivity index (χ2n) is 5.49. The molecule has 4 N–H and O–H groups in total. The van der Waals surface area contributed by atoms with Crippen LogP contribution in [0.1, 0.15) is 16.1 Å². The molecule has 3 aromatic rings. The third-order valence-electron chi connectivity index (χ3n) is 3.93. The molecular formula is C17H16N4O3. The maximum atomic E-state index is 11.4. The van der Waals surface area contributed by atoms with Gasteiger partial charge < -0.3 is 20.5 Å². The Labute approximate surface area is 137 Å². The maximum Gasteiger partial charge on any atom is 0.269 e. The number of aromatic nitrogens is 2. The highest BCUT2D eigenvalue weighted by atomic mass is 16.6. The van der Waals surface area contributed by atoms with Gasteiger partial charge in [0.15, 0.2) is 17.2 Å². The van der Waals surface area contributed by atoms with Crippen LogP contribution in [-0.2, 0) is 6.54 Å². The van der Waals surface area contributed by atoms with E-state index in [1.807, 2.05) is 36.4 Å². The lowest BCUT2D eigenvalue weighted by atomic mass is 10.1. The Morgan fingerprint density at radius 3 is 3.00 bits per heavy atom. The first-order chi connectivity index (χ1) is 11.7. The van der Waals surface area contributed by atoms with E-state index in [-0.39, 0.29) is 5.69 Å². The Morgan fingerprint density at radius 1 is 1.25 bits per heavy atom. The van der Waals surface area contributed by atoms with E-state index in [1.54, 1.807) is 0 Å². The largest absolute Gasteiger partial charge is 0.486 e. The number of aromatic amines is 1. The molecule has 2 aromatic carbocycles. The number of nitrogens with zero attached hydrogens (tertiary/aromatic N) is 1. The van der Waals surface area contributed by atoms with Gasteiger partial charge in [-0.2, -0.15) is 5.10 Å². The first-order valence-electron chi connectivity index (χ1n) is 7.61. The van der Waals surface area contributed by atoms with E-state index in [1.165, 1.54) is 0 Å². The molecule has 0 bridgehead atoms. The molecule has 7 heteroatoms. The van der Waals surface area contributed by atoms with Gasteiger partial charge in [0.2, 0.25) is 0 Å². The molecule has 1 aromatic heterocycles. The minimum atomic E-state index is -0.555. The number of H-pyrrole nitrogens is 1. The summed E-state index contributed by atoms with van der Waals surface area (Å²) in [7, 11) is 0. The number of amides is 1. The van der Waals surface area contributed by atoms with Crippen molar-refractivity contribution < 1.29 is 14.3 Å². The van der Waals surface area contributed by atoms with Crippen molar-refractivity contribution in [3.8, 4) is 11.5 Å². The lowest BCUT2D eigenvalue weighted by Crippen LogP contribution is -2.17. The van der Waals surface area contributed by atoms with Crippen LogP contribution in [0, 0.1) is 0 Å². The first-order valence-corrected chi connectivity index (χ1v) is 7.61. The summed E-state index contributed by atoms with van der Waals surface area (Å²) in [4.78, 5) is 11.4. The Hall–Kier alpha value is -3.22. The molecule has 2 heterocycles. The minimum absolute atomic E-state index is 0.238. The van der Waals surface area contributed by atoms with E-state index in [0.29, 0.717) is 25.1 Å². The van der Waals surface area contributed by atoms with Crippen LogP contribution in [0.3, 0.4) is 0 Å². The summed E-state index contributed by atoms with van der Waals surface area (Å²) >= 11 is 0. The molecule has 0 saturated carbocycles. The predicted molar refractivity (Wildman–Crippen MR) is 89.4 cm³/mol. The number of carbonyl (C=O) groups excluding carboxylic acids is 1. The zero-order valence-electron chi connectivity index (χ0n) is 12.8. The average molecular weight is 324 g/mol. The number of primary amides is 1. The van der Waals surface area contributed by atoms with Crippen molar-refractivity contribution in [1.29, 1.82) is 0 Å². The Morgan fingerprint density at radius 2 is 2.12 bits per heavy atom. The zero-order chi connectivity index (χ0) is 16.5. The molecule has 0 spiro atoms. The molecular weight excluding hydrogens is 308 g/mol. The molecule has 0 unspecified atom stereocenters. The molecule has 0 radical (unpaired) electrons. The highest BCUT2D eigenvalue weighted by Gasteiger charge is 2.15. The standard InChI is InChI=1S/C17H16N4O3/c18-17(22)15-12-8-11(4-5-13(12)20-21-15)19-9-10-2-1-3-14-16(10)24-7-6-23-14/h1-5,8,19H,6-7,9H2,(H2,18,22)(H,20,21). The minimum Gasteiger partial charge on any atom is -0.486 e. The summed E-state index contributed by atoms with van der Waals surface area (Å²) in [5.41, 5.74) is 8.22. The van der Waals surface area contributed by atoms with Gasteiger partial charge in [-0.05, 0) is 24.3 Å². The normalized spacial score (nSPS) is 13.0. The molecule has 24 heavy (non-hydrogen) atoms. The summed E-state index contributed by atoms with van der Waals surface area (Å²) in [5, 5.41) is 10.8. The van der Waals surface area contributed by atoms with Crippen molar-refractivity contribution in [1.82, 2.24) is 10.2 Å². The first kappa shape index (κ1) is 14.4. The molecule has 1 amide bonds. The molecule has 1 aliphatic heterocycles. The third-order valence-corrected chi connectivity index (χ3v) is 3.93. The highest BCUT2D eigenvalue weighted by molar-refractivity contribution is 6.04. The fourth-order valence-corrected chi connectivity index (χ4v) is 2.78. The summed E-state index contributed by atoms with van der Waals surface area (Å²) in [5.74, 6) is 0.987. The number of para-hydroxylation sites is 1. The topological polar surface area (TPSA) is 102 Å². The quantitative estimate of drug-likeness (QED) is 0.681. The van der Waals surface area contributed by atoms with E-state index >= 15 is 0 Å². The second-order valence-corrected chi connectivity index (χ2v) is 5.49. The summed E-state index contributed by atoms with van der Waals surface area (Å²) in [6.45, 7) is 1.69. The molecule has 0 saturated heterocycles. The van der Waals surface area contributed by atoms with Gasteiger partial charge in [-0.25, -0.2) is 0 Å². The van der Waals surface area contributed by atoms with Crippen molar-refractivity contribution in [2.24, 2.45) is 5.73 Å². The molecule has 122 valence electrons. The molecule has 7 nitrogen and oxygen atoms in total. The second kappa shape index (κ2) is 5.77. The highest BCUT2D eigenvalue weighted by Crippen LogP contribution is 2.34. The van der Waals surface area contributed by atoms with Gasteiger partial charge >= 0.3 is 0 Å². The van der Waals surface area contributed by atoms with Gasteiger partial charge in [0.1, 0.15) is 13.2 Å². The van der Waals surface area contributed by atoms with E-state index < -0.39 is 5.91 Å². The number of ether oxygens (including phenoxy) is 2. The van der Waals surface area contributed by atoms with Crippen molar-refractivity contribution in [3.63, 3.8) is 0 Å². The number of carbonyl (C=O) groups is 1. The van der Waals surface area contributed by atoms with E-state index in [4.69, 9.17) is 15.2 Å². The van der Waals surface area contributed by atoms with Gasteiger partial charge in [-0.15, -0.1) is 0 Å². The number of hydrogen-bond acceptors (Lipinski definition) is 5. The van der Waals surface area contributed by atoms with Crippen LogP contribution in [0.25, 0.3) is 10.9 Å². The lowest BCUT2D eigenvalue weighted by molar-refractivity contribution is 0.0997. The Bertz CT molecular complexity index is 919. The number of rotatable bonds is 4. The Kier molecular flexibility index (Phi) is 3.45. The van der Waals surface area contributed by atoms with Crippen LogP contribution in [0.2, 0.25) is 0 Å². The van der Waals surface area contributed by atoms with Gasteiger partial charge in [0.05, 0.1) is 5.52 Å². The summed E-state index contributed by atoms with van der Waals surface area (Å²) < 4.78 is 11.3. The molecule has 0 aliphatic carbocycles. The van der Waals surface area contributed by atoms with Gasteiger partial charge in [-0.1, -0.05) is 12.1 Å². The smallest absolute Gasteiger partial charge is 0.269 e. The molecule has 0 fully saturated rings. The van der Waals surface area contributed by atoms with Crippen LogP contribution in [0.15, 0.2) is 36.4 Å². The number of nitrogens with two attached hydrogens (primary N) is 1. The van der Waals surface area contributed by atoms with Crippen LogP contribution >= 0.6 is 0 Å². The monoisotopic (exact) mass is 324 g/mol. The van der Waals surface area contributed by atoms with Crippen LogP contribution < -0.4 is 20.5 Å². The fourth-order valence-electron chi connectivity index (χ4n) is 2.78. The van der Waals surface area contributed by atoms with Crippen LogP contribution in [-0.4, -0.2) is 29.3 Å². The predicted octanol–water partition coefficient (Wildman–Crippen LogP) is 2.05. The number of anilines is 1.